The molecule has 0 bridgehead atoms. The highest BCUT2D eigenvalue weighted by Crippen LogP contribution is 2.32. The zero-order chi connectivity index (χ0) is 13.8. The maximum absolute atomic E-state index is 11.1. The lowest BCUT2D eigenvalue weighted by atomic mass is 9.83. The van der Waals surface area contributed by atoms with Gasteiger partial charge in [0.05, 0.1) is 12.9 Å². The fourth-order valence-electron chi connectivity index (χ4n) is 2.75. The number of benzene rings is 1. The van der Waals surface area contributed by atoms with Crippen molar-refractivity contribution in [1.82, 2.24) is 9.55 Å². The van der Waals surface area contributed by atoms with E-state index in [1.807, 2.05) is 22.9 Å². The summed E-state index contributed by atoms with van der Waals surface area (Å²) in [6.07, 6.45) is 9.62. The van der Waals surface area contributed by atoms with Crippen molar-refractivity contribution < 1.29 is 9.53 Å². The molecule has 0 saturated heterocycles. The summed E-state index contributed by atoms with van der Waals surface area (Å²) in [6, 6.07) is 6.09. The number of aromatic nitrogens is 2. The minimum Gasteiger partial charge on any atom is -0.492 e. The number of ether oxygens (including phenoxy) is 1. The van der Waals surface area contributed by atoms with Crippen LogP contribution in [0.4, 0.5) is 0 Å². The Balaban J connectivity index is 1.64. The Hall–Kier alpha value is -2.10. The van der Waals surface area contributed by atoms with Gasteiger partial charge in [-0.3, -0.25) is 0 Å². The summed E-state index contributed by atoms with van der Waals surface area (Å²) in [5, 5.41) is 0. The summed E-state index contributed by atoms with van der Waals surface area (Å²) in [4.78, 5) is 15.1. The van der Waals surface area contributed by atoms with E-state index in [4.69, 9.17) is 4.74 Å². The van der Waals surface area contributed by atoms with Gasteiger partial charge in [-0.2, -0.15) is 0 Å². The molecule has 104 valence electrons. The minimum atomic E-state index is 0.0683. The average Bonchev–Trinajstić information content (AvgIpc) is 2.99. The molecule has 1 aromatic carbocycles. The summed E-state index contributed by atoms with van der Waals surface area (Å²) < 4.78 is 7.76. The van der Waals surface area contributed by atoms with E-state index in [0.717, 1.165) is 37.8 Å². The number of hydrogen-bond acceptors (Lipinski definition) is 3. The smallest absolute Gasteiger partial charge is 0.127 e. The van der Waals surface area contributed by atoms with Crippen LogP contribution in [0.2, 0.25) is 0 Å². The lowest BCUT2D eigenvalue weighted by Gasteiger charge is -2.21. The molecule has 1 aliphatic rings. The van der Waals surface area contributed by atoms with Crippen LogP contribution >= 0.6 is 0 Å². The third-order valence-corrected chi connectivity index (χ3v) is 3.82. The molecule has 4 heteroatoms. The minimum absolute atomic E-state index is 0.0683. The van der Waals surface area contributed by atoms with Gasteiger partial charge in [0.1, 0.15) is 18.6 Å². The predicted molar refractivity (Wildman–Crippen MR) is 75.9 cm³/mol. The first-order valence-corrected chi connectivity index (χ1v) is 7.03. The van der Waals surface area contributed by atoms with Crippen LogP contribution in [0.5, 0.6) is 5.75 Å². The molecule has 1 aromatic heterocycles. The summed E-state index contributed by atoms with van der Waals surface area (Å²) in [5.74, 6) is 0.953. The molecule has 20 heavy (non-hydrogen) atoms. The van der Waals surface area contributed by atoms with Crippen molar-refractivity contribution in [3.63, 3.8) is 0 Å². The van der Waals surface area contributed by atoms with E-state index in [2.05, 4.69) is 11.1 Å². The van der Waals surface area contributed by atoms with E-state index in [0.29, 0.717) is 6.61 Å². The van der Waals surface area contributed by atoms with Crippen LogP contribution in [0.1, 0.15) is 29.9 Å². The molecule has 1 aliphatic carbocycles. The highest BCUT2D eigenvalue weighted by molar-refractivity contribution is 5.64. The van der Waals surface area contributed by atoms with Crippen molar-refractivity contribution >= 4 is 6.29 Å². The van der Waals surface area contributed by atoms with Crippen molar-refractivity contribution in [2.75, 3.05) is 6.61 Å². The quantitative estimate of drug-likeness (QED) is 0.784. The largest absolute Gasteiger partial charge is 0.492 e. The number of nitrogens with zero attached hydrogens (tertiary/aromatic N) is 2. The fourth-order valence-corrected chi connectivity index (χ4v) is 2.75. The van der Waals surface area contributed by atoms with Crippen LogP contribution in [0.3, 0.4) is 0 Å². The number of hydrogen-bond donors (Lipinski definition) is 0. The Morgan fingerprint density at radius 3 is 3.20 bits per heavy atom. The van der Waals surface area contributed by atoms with Gasteiger partial charge in [-0.1, -0.05) is 6.07 Å². The highest BCUT2D eigenvalue weighted by atomic mass is 16.5. The van der Waals surface area contributed by atoms with Crippen molar-refractivity contribution in [3.05, 3.63) is 48.0 Å². The van der Waals surface area contributed by atoms with Gasteiger partial charge in [0.15, 0.2) is 0 Å². The Kier molecular flexibility index (Phi) is 3.81. The molecule has 0 N–H and O–H groups in total. The summed E-state index contributed by atoms with van der Waals surface area (Å²) >= 11 is 0. The molecule has 1 atom stereocenters. The molecule has 0 aliphatic heterocycles. The zero-order valence-electron chi connectivity index (χ0n) is 11.4. The highest BCUT2D eigenvalue weighted by Gasteiger charge is 2.19. The SMILES string of the molecule is O=CC1CCCc2cc(OCCn3ccnc3)ccc21. The molecular weight excluding hydrogens is 252 g/mol. The van der Waals surface area contributed by atoms with Crippen molar-refractivity contribution in [1.29, 1.82) is 0 Å². The molecule has 3 rings (SSSR count). The second-order valence-electron chi connectivity index (χ2n) is 5.14. The Morgan fingerprint density at radius 2 is 2.40 bits per heavy atom. The van der Waals surface area contributed by atoms with Gasteiger partial charge >= 0.3 is 0 Å². The molecule has 1 unspecified atom stereocenters. The van der Waals surface area contributed by atoms with Crippen molar-refractivity contribution in [2.45, 2.75) is 31.7 Å². The molecule has 2 aromatic rings. The number of carbonyl (C=O) groups is 1. The Labute approximate surface area is 118 Å². The fraction of sp³-hybridized carbons (Fsp3) is 0.375. The molecule has 1 heterocycles. The van der Waals surface area contributed by atoms with E-state index >= 15 is 0 Å². The monoisotopic (exact) mass is 270 g/mol. The number of aryl methyl sites for hydroxylation is 1. The van der Waals surface area contributed by atoms with E-state index in [1.165, 1.54) is 11.1 Å². The normalized spacial score (nSPS) is 17.5. The molecule has 0 fully saturated rings. The molecule has 0 radical (unpaired) electrons. The van der Waals surface area contributed by atoms with E-state index < -0.39 is 0 Å². The zero-order valence-corrected chi connectivity index (χ0v) is 11.4. The van der Waals surface area contributed by atoms with Crippen LogP contribution in [-0.4, -0.2) is 22.4 Å². The number of imidazole rings is 1. The van der Waals surface area contributed by atoms with Crippen LogP contribution < -0.4 is 4.74 Å². The average molecular weight is 270 g/mol. The van der Waals surface area contributed by atoms with Gasteiger partial charge in [-0.05, 0) is 42.5 Å². The maximum Gasteiger partial charge on any atom is 0.127 e. The molecule has 0 amide bonds. The van der Waals surface area contributed by atoms with Gasteiger partial charge in [-0.25, -0.2) is 4.98 Å². The molecule has 0 spiro atoms. The Bertz CT molecular complexity index is 578. The van der Waals surface area contributed by atoms with Gasteiger partial charge in [0.2, 0.25) is 0 Å². The summed E-state index contributed by atoms with van der Waals surface area (Å²) in [7, 11) is 0. The second-order valence-corrected chi connectivity index (χ2v) is 5.14. The van der Waals surface area contributed by atoms with E-state index in [1.54, 1.807) is 12.5 Å². The van der Waals surface area contributed by atoms with Crippen LogP contribution in [-0.2, 0) is 17.8 Å². The van der Waals surface area contributed by atoms with E-state index in [-0.39, 0.29) is 5.92 Å². The van der Waals surface area contributed by atoms with Gasteiger partial charge in [-0.15, -0.1) is 0 Å². The molecule has 4 nitrogen and oxygen atoms in total. The number of rotatable bonds is 5. The lowest BCUT2D eigenvalue weighted by molar-refractivity contribution is -0.109. The molecular formula is C16H18N2O2. The standard InChI is InChI=1S/C16H18N2O2/c19-11-14-3-1-2-13-10-15(4-5-16(13)14)20-9-8-18-7-6-17-12-18/h4-7,10-12,14H,1-3,8-9H2. The van der Waals surface area contributed by atoms with Crippen LogP contribution in [0.25, 0.3) is 0 Å². The van der Waals surface area contributed by atoms with Crippen molar-refractivity contribution in [3.8, 4) is 5.75 Å². The summed E-state index contributed by atoms with van der Waals surface area (Å²) in [6.45, 7) is 1.40. The topological polar surface area (TPSA) is 44.1 Å². The second kappa shape index (κ2) is 5.90. The predicted octanol–water partition coefficient (Wildman–Crippen LogP) is 2.58. The first-order valence-electron chi connectivity index (χ1n) is 7.03. The van der Waals surface area contributed by atoms with Gasteiger partial charge in [0.25, 0.3) is 0 Å². The van der Waals surface area contributed by atoms with Crippen molar-refractivity contribution in [2.24, 2.45) is 0 Å². The number of carbonyl (C=O) groups excluding carboxylic acids is 1. The third kappa shape index (κ3) is 2.74. The van der Waals surface area contributed by atoms with Crippen LogP contribution in [0, 0.1) is 0 Å². The van der Waals surface area contributed by atoms with Gasteiger partial charge in [0, 0.05) is 18.3 Å². The summed E-state index contributed by atoms with van der Waals surface area (Å²) in [5.41, 5.74) is 2.43. The number of aldehydes is 1. The first-order chi connectivity index (χ1) is 9.86. The maximum atomic E-state index is 11.1. The number of fused-ring (bicyclic) bond motifs is 1. The molecule has 0 saturated carbocycles. The first kappa shape index (κ1) is 12.9. The third-order valence-electron chi connectivity index (χ3n) is 3.82. The lowest BCUT2D eigenvalue weighted by Crippen LogP contribution is -2.11. The van der Waals surface area contributed by atoms with Gasteiger partial charge < -0.3 is 14.1 Å². The van der Waals surface area contributed by atoms with E-state index in [9.17, 15) is 4.79 Å². The Morgan fingerprint density at radius 1 is 1.45 bits per heavy atom. The van der Waals surface area contributed by atoms with Crippen LogP contribution in [0.15, 0.2) is 36.9 Å².